The number of carbonyl (C=O) groups is 1. The van der Waals surface area contributed by atoms with Crippen LogP contribution < -0.4 is 11.1 Å². The van der Waals surface area contributed by atoms with Crippen LogP contribution in [0.4, 0.5) is 11.4 Å². The molecule has 0 fully saturated rings. The Hall–Kier alpha value is -3.08. The monoisotopic (exact) mass is 306 g/mol. The fraction of sp³-hybridized carbons (Fsp3) is 0.111. The standard InChI is InChI=1S/C18H18N4O/c1-13(23)21-17-7-3-5-15(11-17)18-20-8-9-22(18)12-14-4-2-6-16(19)10-14/h2-11H,12,19H2,1H3,(H,21,23). The van der Waals surface area contributed by atoms with E-state index in [1.807, 2.05) is 54.7 Å². The van der Waals surface area contributed by atoms with Gasteiger partial charge in [0.15, 0.2) is 0 Å². The molecule has 116 valence electrons. The number of anilines is 2. The maximum absolute atomic E-state index is 11.2. The summed E-state index contributed by atoms with van der Waals surface area (Å²) >= 11 is 0. The molecule has 0 spiro atoms. The molecule has 0 aliphatic rings. The summed E-state index contributed by atoms with van der Waals surface area (Å²) in [6.45, 7) is 2.18. The van der Waals surface area contributed by atoms with Crippen LogP contribution in [-0.2, 0) is 11.3 Å². The second kappa shape index (κ2) is 6.36. The molecule has 0 saturated heterocycles. The van der Waals surface area contributed by atoms with E-state index in [2.05, 4.69) is 14.9 Å². The number of hydrogen-bond acceptors (Lipinski definition) is 3. The number of nitrogens with two attached hydrogens (primary N) is 1. The minimum Gasteiger partial charge on any atom is -0.399 e. The smallest absolute Gasteiger partial charge is 0.221 e. The van der Waals surface area contributed by atoms with Gasteiger partial charge in [-0.3, -0.25) is 4.79 Å². The molecule has 0 atom stereocenters. The van der Waals surface area contributed by atoms with Crippen molar-refractivity contribution < 1.29 is 4.79 Å². The Balaban J connectivity index is 1.90. The van der Waals surface area contributed by atoms with Crippen LogP contribution in [0.25, 0.3) is 11.4 Å². The number of aromatic nitrogens is 2. The Bertz CT molecular complexity index is 838. The number of imidazole rings is 1. The lowest BCUT2D eigenvalue weighted by Gasteiger charge is -2.10. The Morgan fingerprint density at radius 3 is 2.83 bits per heavy atom. The molecule has 23 heavy (non-hydrogen) atoms. The summed E-state index contributed by atoms with van der Waals surface area (Å²) in [6.07, 6.45) is 3.70. The van der Waals surface area contributed by atoms with E-state index >= 15 is 0 Å². The van der Waals surface area contributed by atoms with Crippen LogP contribution in [0.2, 0.25) is 0 Å². The van der Waals surface area contributed by atoms with E-state index < -0.39 is 0 Å². The van der Waals surface area contributed by atoms with Crippen molar-refractivity contribution >= 4 is 17.3 Å². The van der Waals surface area contributed by atoms with Crippen LogP contribution in [0.5, 0.6) is 0 Å². The molecular formula is C18H18N4O. The van der Waals surface area contributed by atoms with E-state index in [-0.39, 0.29) is 5.91 Å². The molecule has 5 nitrogen and oxygen atoms in total. The number of nitrogens with one attached hydrogen (secondary N) is 1. The Morgan fingerprint density at radius 1 is 1.22 bits per heavy atom. The molecule has 0 radical (unpaired) electrons. The zero-order chi connectivity index (χ0) is 16.2. The van der Waals surface area contributed by atoms with Crippen molar-refractivity contribution in [3.8, 4) is 11.4 Å². The minimum atomic E-state index is -0.0924. The van der Waals surface area contributed by atoms with Gasteiger partial charge in [0.1, 0.15) is 5.82 Å². The zero-order valence-corrected chi connectivity index (χ0v) is 12.9. The van der Waals surface area contributed by atoms with E-state index in [0.29, 0.717) is 6.54 Å². The fourth-order valence-electron chi connectivity index (χ4n) is 2.52. The molecule has 0 aliphatic heterocycles. The summed E-state index contributed by atoms with van der Waals surface area (Å²) in [6, 6.07) is 15.5. The van der Waals surface area contributed by atoms with Gasteiger partial charge in [-0.15, -0.1) is 0 Å². The molecular weight excluding hydrogens is 288 g/mol. The van der Waals surface area contributed by atoms with Crippen LogP contribution in [0.1, 0.15) is 12.5 Å². The first-order chi connectivity index (χ1) is 11.1. The Kier molecular flexibility index (Phi) is 4.10. The van der Waals surface area contributed by atoms with Gasteiger partial charge < -0.3 is 15.6 Å². The lowest BCUT2D eigenvalue weighted by Crippen LogP contribution is -2.06. The van der Waals surface area contributed by atoms with E-state index in [4.69, 9.17) is 5.73 Å². The largest absolute Gasteiger partial charge is 0.399 e. The van der Waals surface area contributed by atoms with Gasteiger partial charge in [-0.25, -0.2) is 4.98 Å². The number of hydrogen-bond donors (Lipinski definition) is 2. The molecule has 1 heterocycles. The molecule has 2 aromatic carbocycles. The van der Waals surface area contributed by atoms with Crippen molar-refractivity contribution in [3.63, 3.8) is 0 Å². The number of nitrogens with zero attached hydrogens (tertiary/aromatic N) is 2. The van der Waals surface area contributed by atoms with Gasteiger partial charge in [-0.05, 0) is 29.8 Å². The first kappa shape index (κ1) is 14.8. The summed E-state index contributed by atoms with van der Waals surface area (Å²) in [7, 11) is 0. The summed E-state index contributed by atoms with van der Waals surface area (Å²) in [4.78, 5) is 15.7. The van der Waals surface area contributed by atoms with Gasteiger partial charge in [0.25, 0.3) is 0 Å². The average molecular weight is 306 g/mol. The van der Waals surface area contributed by atoms with Crippen LogP contribution in [0.15, 0.2) is 60.9 Å². The van der Waals surface area contributed by atoms with Gasteiger partial charge in [-0.1, -0.05) is 24.3 Å². The third-order valence-corrected chi connectivity index (χ3v) is 3.46. The average Bonchev–Trinajstić information content (AvgIpc) is 2.95. The lowest BCUT2D eigenvalue weighted by molar-refractivity contribution is -0.114. The topological polar surface area (TPSA) is 72.9 Å². The van der Waals surface area contributed by atoms with E-state index in [9.17, 15) is 4.79 Å². The van der Waals surface area contributed by atoms with Crippen LogP contribution in [-0.4, -0.2) is 15.5 Å². The van der Waals surface area contributed by atoms with E-state index in [0.717, 1.165) is 28.3 Å². The summed E-state index contributed by atoms with van der Waals surface area (Å²) in [5.41, 5.74) is 9.41. The third kappa shape index (κ3) is 3.58. The Labute approximate surface area is 134 Å². The number of benzene rings is 2. The van der Waals surface area contributed by atoms with Crippen molar-refractivity contribution in [1.29, 1.82) is 0 Å². The first-order valence-corrected chi connectivity index (χ1v) is 7.35. The fourth-order valence-corrected chi connectivity index (χ4v) is 2.52. The predicted molar refractivity (Wildman–Crippen MR) is 91.9 cm³/mol. The number of nitrogen functional groups attached to an aromatic ring is 1. The van der Waals surface area contributed by atoms with Crippen LogP contribution in [0, 0.1) is 0 Å². The quantitative estimate of drug-likeness (QED) is 0.727. The Morgan fingerprint density at radius 2 is 2.04 bits per heavy atom. The van der Waals surface area contributed by atoms with Gasteiger partial charge >= 0.3 is 0 Å². The summed E-state index contributed by atoms with van der Waals surface area (Å²) in [5.74, 6) is 0.755. The molecule has 3 aromatic rings. The summed E-state index contributed by atoms with van der Waals surface area (Å²) in [5, 5.41) is 2.79. The van der Waals surface area contributed by atoms with Crippen LogP contribution >= 0.6 is 0 Å². The molecule has 0 aliphatic carbocycles. The number of amides is 1. The maximum Gasteiger partial charge on any atom is 0.221 e. The third-order valence-electron chi connectivity index (χ3n) is 3.46. The second-order valence-electron chi connectivity index (χ2n) is 5.39. The zero-order valence-electron chi connectivity index (χ0n) is 12.9. The lowest BCUT2D eigenvalue weighted by atomic mass is 10.1. The van der Waals surface area contributed by atoms with Crippen molar-refractivity contribution in [2.75, 3.05) is 11.1 Å². The van der Waals surface area contributed by atoms with Crippen LogP contribution in [0.3, 0.4) is 0 Å². The maximum atomic E-state index is 11.2. The molecule has 3 N–H and O–H groups in total. The van der Waals surface area contributed by atoms with Gasteiger partial charge in [0, 0.05) is 42.8 Å². The summed E-state index contributed by atoms with van der Waals surface area (Å²) < 4.78 is 2.06. The molecule has 5 heteroatoms. The highest BCUT2D eigenvalue weighted by molar-refractivity contribution is 5.89. The van der Waals surface area contributed by atoms with Crippen molar-refractivity contribution in [2.45, 2.75) is 13.5 Å². The van der Waals surface area contributed by atoms with Crippen molar-refractivity contribution in [2.24, 2.45) is 0 Å². The van der Waals surface area contributed by atoms with Crippen molar-refractivity contribution in [3.05, 3.63) is 66.5 Å². The SMILES string of the molecule is CC(=O)Nc1cccc(-c2nccn2Cc2cccc(N)c2)c1. The van der Waals surface area contributed by atoms with Gasteiger partial charge in [0.2, 0.25) is 5.91 Å². The predicted octanol–water partition coefficient (Wildman–Crippen LogP) is 3.14. The number of rotatable bonds is 4. The first-order valence-electron chi connectivity index (χ1n) is 7.35. The second-order valence-corrected chi connectivity index (χ2v) is 5.39. The normalized spacial score (nSPS) is 10.5. The molecule has 1 aromatic heterocycles. The molecule has 1 amide bonds. The highest BCUT2D eigenvalue weighted by atomic mass is 16.1. The van der Waals surface area contributed by atoms with Crippen molar-refractivity contribution in [1.82, 2.24) is 9.55 Å². The highest BCUT2D eigenvalue weighted by Gasteiger charge is 2.08. The highest BCUT2D eigenvalue weighted by Crippen LogP contribution is 2.22. The minimum absolute atomic E-state index is 0.0924. The molecule has 0 unspecified atom stereocenters. The van der Waals surface area contributed by atoms with E-state index in [1.165, 1.54) is 6.92 Å². The number of carbonyl (C=O) groups excluding carboxylic acids is 1. The molecule has 3 rings (SSSR count). The van der Waals surface area contributed by atoms with E-state index in [1.54, 1.807) is 6.20 Å². The molecule has 0 saturated carbocycles. The van der Waals surface area contributed by atoms with Gasteiger partial charge in [0.05, 0.1) is 0 Å². The molecule has 0 bridgehead atoms. The van der Waals surface area contributed by atoms with Gasteiger partial charge in [-0.2, -0.15) is 0 Å².